The Bertz CT molecular complexity index is 630. The molecule has 3 rings (SSSR count). The van der Waals surface area contributed by atoms with E-state index in [-0.39, 0.29) is 5.41 Å². The summed E-state index contributed by atoms with van der Waals surface area (Å²) < 4.78 is 5.51. The second kappa shape index (κ2) is 4.70. The number of nitrogens with one attached hydrogen (secondary N) is 1. The Morgan fingerprint density at radius 3 is 2.85 bits per heavy atom. The number of furan rings is 1. The van der Waals surface area contributed by atoms with Gasteiger partial charge in [-0.25, -0.2) is 9.97 Å². The molecule has 0 spiro atoms. The van der Waals surface area contributed by atoms with Gasteiger partial charge in [-0.3, -0.25) is 0 Å². The number of rotatable bonds is 2. The van der Waals surface area contributed by atoms with Gasteiger partial charge in [0.2, 0.25) is 0 Å². The van der Waals surface area contributed by atoms with Crippen molar-refractivity contribution in [1.82, 2.24) is 15.3 Å². The van der Waals surface area contributed by atoms with E-state index in [1.165, 1.54) is 5.56 Å². The van der Waals surface area contributed by atoms with Crippen molar-refractivity contribution in [2.24, 2.45) is 5.41 Å². The van der Waals surface area contributed by atoms with E-state index in [1.807, 2.05) is 26.2 Å². The van der Waals surface area contributed by atoms with Crippen molar-refractivity contribution in [2.45, 2.75) is 39.7 Å². The fourth-order valence-electron chi connectivity index (χ4n) is 3.02. The lowest BCUT2D eigenvalue weighted by atomic mass is 9.74. The van der Waals surface area contributed by atoms with Gasteiger partial charge in [0.05, 0.1) is 6.26 Å². The van der Waals surface area contributed by atoms with Crippen molar-refractivity contribution in [3.63, 3.8) is 0 Å². The topological polar surface area (TPSA) is 51.0 Å². The third-order valence-electron chi connectivity index (χ3n) is 4.09. The lowest BCUT2D eigenvalue weighted by Crippen LogP contribution is -2.32. The van der Waals surface area contributed by atoms with Crippen LogP contribution in [0.5, 0.6) is 0 Å². The Hall–Kier alpha value is -1.68. The zero-order valence-electron chi connectivity index (χ0n) is 12.5. The van der Waals surface area contributed by atoms with Crippen LogP contribution in [0, 0.1) is 12.3 Å². The lowest BCUT2D eigenvalue weighted by Gasteiger charge is -2.36. The first kappa shape index (κ1) is 13.3. The average molecular weight is 271 g/mol. The van der Waals surface area contributed by atoms with Crippen molar-refractivity contribution in [1.29, 1.82) is 0 Å². The molecule has 20 heavy (non-hydrogen) atoms. The maximum Gasteiger partial charge on any atom is 0.196 e. The minimum Gasteiger partial charge on any atom is -0.461 e. The first-order valence-electron chi connectivity index (χ1n) is 7.08. The van der Waals surface area contributed by atoms with Crippen molar-refractivity contribution >= 4 is 0 Å². The number of nitrogens with zero attached hydrogens (tertiary/aromatic N) is 2. The van der Waals surface area contributed by atoms with Crippen LogP contribution in [0.2, 0.25) is 0 Å². The van der Waals surface area contributed by atoms with Gasteiger partial charge in [-0.1, -0.05) is 13.8 Å². The molecule has 2 aromatic rings. The van der Waals surface area contributed by atoms with Crippen molar-refractivity contribution in [2.75, 3.05) is 7.05 Å². The molecule has 0 saturated carbocycles. The largest absolute Gasteiger partial charge is 0.461 e. The molecule has 1 aliphatic rings. The van der Waals surface area contributed by atoms with Crippen LogP contribution in [0.3, 0.4) is 0 Å². The summed E-state index contributed by atoms with van der Waals surface area (Å²) in [5.74, 6) is 1.47. The summed E-state index contributed by atoms with van der Waals surface area (Å²) in [4.78, 5) is 9.26. The van der Waals surface area contributed by atoms with Crippen LogP contribution < -0.4 is 5.32 Å². The first-order chi connectivity index (χ1) is 9.50. The molecule has 1 N–H and O–H groups in total. The summed E-state index contributed by atoms with van der Waals surface area (Å²) in [6.07, 6.45) is 5.73. The van der Waals surface area contributed by atoms with Gasteiger partial charge in [-0.15, -0.1) is 0 Å². The number of hydrogen-bond acceptors (Lipinski definition) is 4. The maximum absolute atomic E-state index is 5.51. The summed E-state index contributed by atoms with van der Waals surface area (Å²) in [6.45, 7) is 6.60. The van der Waals surface area contributed by atoms with Gasteiger partial charge in [-0.05, 0) is 43.9 Å². The molecule has 0 aromatic carbocycles. The van der Waals surface area contributed by atoms with Crippen molar-refractivity contribution in [3.8, 4) is 11.6 Å². The Kier molecular flexibility index (Phi) is 3.13. The highest BCUT2D eigenvalue weighted by molar-refractivity contribution is 5.52. The highest BCUT2D eigenvalue weighted by Gasteiger charge is 2.33. The Morgan fingerprint density at radius 2 is 2.20 bits per heavy atom. The zero-order chi connectivity index (χ0) is 14.3. The van der Waals surface area contributed by atoms with Crippen LogP contribution in [0.15, 0.2) is 22.9 Å². The van der Waals surface area contributed by atoms with E-state index in [0.717, 1.165) is 29.9 Å². The van der Waals surface area contributed by atoms with Crippen molar-refractivity contribution in [3.05, 3.63) is 35.3 Å². The number of fused-ring (bicyclic) bond motifs is 1. The minimum atomic E-state index is 0.254. The maximum atomic E-state index is 5.51. The Morgan fingerprint density at radius 1 is 1.40 bits per heavy atom. The molecule has 2 aromatic heterocycles. The molecule has 4 heteroatoms. The average Bonchev–Trinajstić information content (AvgIpc) is 2.82. The quantitative estimate of drug-likeness (QED) is 0.910. The predicted molar refractivity (Wildman–Crippen MR) is 78.4 cm³/mol. The standard InChI is InChI=1S/C16H21N3O/c1-10-5-6-20-14(10)15-18-9-11-12(17-4)7-16(2,3)8-13(11)19-15/h5-6,9,12,17H,7-8H2,1-4H3. The fraction of sp³-hybridized carbons (Fsp3) is 0.500. The molecule has 4 nitrogen and oxygen atoms in total. The lowest BCUT2D eigenvalue weighted by molar-refractivity contribution is 0.260. The highest BCUT2D eigenvalue weighted by atomic mass is 16.3. The summed E-state index contributed by atoms with van der Waals surface area (Å²) in [7, 11) is 2.00. The predicted octanol–water partition coefficient (Wildman–Crippen LogP) is 3.28. The molecular formula is C16H21N3O. The van der Waals surface area contributed by atoms with Crippen LogP contribution in [0.25, 0.3) is 11.6 Å². The molecule has 1 aliphatic carbocycles. The third kappa shape index (κ3) is 2.24. The molecule has 1 atom stereocenters. The Labute approximate surface area is 119 Å². The molecular weight excluding hydrogens is 250 g/mol. The van der Waals surface area contributed by atoms with Crippen LogP contribution in [-0.2, 0) is 6.42 Å². The molecule has 2 heterocycles. The molecule has 1 unspecified atom stereocenters. The second-order valence-corrected chi connectivity index (χ2v) is 6.41. The van der Waals surface area contributed by atoms with Gasteiger partial charge in [-0.2, -0.15) is 0 Å². The fourth-order valence-corrected chi connectivity index (χ4v) is 3.02. The molecule has 0 fully saturated rings. The molecule has 0 radical (unpaired) electrons. The first-order valence-corrected chi connectivity index (χ1v) is 7.08. The van der Waals surface area contributed by atoms with E-state index >= 15 is 0 Å². The SMILES string of the molecule is CNC1CC(C)(C)Cc2nc(-c3occc3C)ncc21. The van der Waals surface area contributed by atoms with E-state index < -0.39 is 0 Å². The van der Waals surface area contributed by atoms with E-state index in [2.05, 4.69) is 24.1 Å². The monoisotopic (exact) mass is 271 g/mol. The van der Waals surface area contributed by atoms with Gasteiger partial charge in [0.15, 0.2) is 11.6 Å². The number of aromatic nitrogens is 2. The smallest absolute Gasteiger partial charge is 0.196 e. The highest BCUT2D eigenvalue weighted by Crippen LogP contribution is 2.40. The molecule has 0 bridgehead atoms. The van der Waals surface area contributed by atoms with Gasteiger partial charge < -0.3 is 9.73 Å². The van der Waals surface area contributed by atoms with E-state index in [9.17, 15) is 0 Å². The van der Waals surface area contributed by atoms with Crippen LogP contribution >= 0.6 is 0 Å². The number of hydrogen-bond donors (Lipinski definition) is 1. The van der Waals surface area contributed by atoms with Crippen LogP contribution in [0.1, 0.15) is 43.1 Å². The Balaban J connectivity index is 2.06. The van der Waals surface area contributed by atoms with Gasteiger partial charge in [0.1, 0.15) is 0 Å². The summed E-state index contributed by atoms with van der Waals surface area (Å²) in [5, 5.41) is 3.38. The van der Waals surface area contributed by atoms with E-state index in [1.54, 1.807) is 6.26 Å². The van der Waals surface area contributed by atoms with Gasteiger partial charge in [0.25, 0.3) is 0 Å². The van der Waals surface area contributed by atoms with Gasteiger partial charge >= 0.3 is 0 Å². The normalized spacial score (nSPS) is 20.7. The second-order valence-electron chi connectivity index (χ2n) is 6.41. The molecule has 0 amide bonds. The molecule has 0 saturated heterocycles. The van der Waals surface area contributed by atoms with Crippen LogP contribution in [0.4, 0.5) is 0 Å². The third-order valence-corrected chi connectivity index (χ3v) is 4.09. The molecule has 106 valence electrons. The van der Waals surface area contributed by atoms with E-state index in [0.29, 0.717) is 11.9 Å². The molecule has 0 aliphatic heterocycles. The van der Waals surface area contributed by atoms with Crippen LogP contribution in [-0.4, -0.2) is 17.0 Å². The number of aryl methyl sites for hydroxylation is 1. The van der Waals surface area contributed by atoms with E-state index in [4.69, 9.17) is 9.40 Å². The zero-order valence-corrected chi connectivity index (χ0v) is 12.5. The minimum absolute atomic E-state index is 0.254. The summed E-state index contributed by atoms with van der Waals surface area (Å²) in [6, 6.07) is 2.28. The van der Waals surface area contributed by atoms with Gasteiger partial charge in [0, 0.05) is 23.5 Å². The summed E-state index contributed by atoms with van der Waals surface area (Å²) in [5.41, 5.74) is 3.69. The summed E-state index contributed by atoms with van der Waals surface area (Å²) >= 11 is 0. The van der Waals surface area contributed by atoms with Crippen molar-refractivity contribution < 1.29 is 4.42 Å².